The summed E-state index contributed by atoms with van der Waals surface area (Å²) in [5.74, 6) is -1.51. The molecular weight excluding hydrogens is 519 g/mol. The first-order valence-electron chi connectivity index (χ1n) is 12.3. The summed E-state index contributed by atoms with van der Waals surface area (Å²) in [5.41, 5.74) is 2.85. The third-order valence-electron chi connectivity index (χ3n) is 6.98. The number of nitrogens with zero attached hydrogens (tertiary/aromatic N) is 5. The molecule has 0 bridgehead atoms. The standard InChI is InChI=1S/C29H22ClFN6O2/c1-17-25(35-28(38)27-32-13-4-14-33-27)26(22-5-2-3-6-23(22)30)36(29(17)39)21-11-12-24-18(15-21)16-34-37(24)20-9-7-19(31)8-10-20/h2-17,25-26H,1H3,(H,35,38)/t17-,25+,26?/m1/s1. The first-order valence-corrected chi connectivity index (χ1v) is 12.7. The second-order valence-corrected chi connectivity index (χ2v) is 9.72. The van der Waals surface area contributed by atoms with Crippen LogP contribution in [0.3, 0.4) is 0 Å². The van der Waals surface area contributed by atoms with Gasteiger partial charge in [-0.3, -0.25) is 9.59 Å². The Bertz CT molecular complexity index is 1690. The molecule has 6 rings (SSSR count). The summed E-state index contributed by atoms with van der Waals surface area (Å²) in [6.45, 7) is 1.79. The number of carbonyl (C=O) groups excluding carboxylic acids is 2. The fourth-order valence-corrected chi connectivity index (χ4v) is 5.32. The van der Waals surface area contributed by atoms with Crippen molar-refractivity contribution in [3.63, 3.8) is 0 Å². The first-order chi connectivity index (χ1) is 18.9. The molecule has 39 heavy (non-hydrogen) atoms. The number of halogens is 2. The van der Waals surface area contributed by atoms with E-state index in [-0.39, 0.29) is 17.5 Å². The Morgan fingerprint density at radius 3 is 2.44 bits per heavy atom. The SMILES string of the molecule is C[C@H]1C(=O)N(c2ccc3c(cnn3-c3ccc(F)cc3)c2)C(c2ccccc2Cl)[C@H]1NC(=O)c1ncccn1. The van der Waals surface area contributed by atoms with Gasteiger partial charge in [-0.1, -0.05) is 36.7 Å². The molecule has 3 heterocycles. The number of nitrogens with one attached hydrogen (secondary N) is 1. The van der Waals surface area contributed by atoms with Crippen molar-refractivity contribution in [3.8, 4) is 5.69 Å². The Hall–Kier alpha value is -4.63. The zero-order valence-corrected chi connectivity index (χ0v) is 21.5. The van der Waals surface area contributed by atoms with E-state index in [1.165, 1.54) is 24.5 Å². The van der Waals surface area contributed by atoms with E-state index >= 15 is 0 Å². The number of aromatic nitrogens is 4. The molecule has 1 fully saturated rings. The fourth-order valence-electron chi connectivity index (χ4n) is 5.07. The quantitative estimate of drug-likeness (QED) is 0.333. The third kappa shape index (κ3) is 4.40. The molecule has 2 amide bonds. The predicted molar refractivity (Wildman–Crippen MR) is 145 cm³/mol. The lowest BCUT2D eigenvalue weighted by atomic mass is 9.94. The minimum Gasteiger partial charge on any atom is -0.343 e. The highest BCUT2D eigenvalue weighted by Crippen LogP contribution is 2.43. The number of hydrogen-bond donors (Lipinski definition) is 1. The Balaban J connectivity index is 1.42. The molecule has 1 N–H and O–H groups in total. The first kappa shape index (κ1) is 24.7. The summed E-state index contributed by atoms with van der Waals surface area (Å²) >= 11 is 6.63. The number of fused-ring (bicyclic) bond motifs is 1. The van der Waals surface area contributed by atoms with Gasteiger partial charge in [0.15, 0.2) is 0 Å². The second-order valence-electron chi connectivity index (χ2n) is 9.31. The average molecular weight is 541 g/mol. The number of anilines is 1. The van der Waals surface area contributed by atoms with Crippen molar-refractivity contribution >= 4 is 40.0 Å². The van der Waals surface area contributed by atoms with Crippen molar-refractivity contribution in [3.05, 3.63) is 114 Å². The summed E-state index contributed by atoms with van der Waals surface area (Å²) in [4.78, 5) is 36.6. The van der Waals surface area contributed by atoms with Gasteiger partial charge in [0, 0.05) is 28.5 Å². The van der Waals surface area contributed by atoms with Gasteiger partial charge in [-0.15, -0.1) is 0 Å². The lowest BCUT2D eigenvalue weighted by molar-refractivity contribution is -0.120. The van der Waals surface area contributed by atoms with Crippen LogP contribution in [0.5, 0.6) is 0 Å². The van der Waals surface area contributed by atoms with Gasteiger partial charge in [0.05, 0.1) is 35.4 Å². The predicted octanol–water partition coefficient (Wildman–Crippen LogP) is 5.13. The molecule has 2 aromatic heterocycles. The van der Waals surface area contributed by atoms with Crippen molar-refractivity contribution < 1.29 is 14.0 Å². The van der Waals surface area contributed by atoms with E-state index in [4.69, 9.17) is 11.6 Å². The van der Waals surface area contributed by atoms with Crippen LogP contribution in [0, 0.1) is 11.7 Å². The van der Waals surface area contributed by atoms with Crippen LogP contribution in [0.2, 0.25) is 5.02 Å². The third-order valence-corrected chi connectivity index (χ3v) is 7.32. The van der Waals surface area contributed by atoms with Crippen LogP contribution < -0.4 is 10.2 Å². The molecule has 1 aliphatic rings. The van der Waals surface area contributed by atoms with Gasteiger partial charge in [0.1, 0.15) is 5.82 Å². The van der Waals surface area contributed by atoms with E-state index < -0.39 is 23.9 Å². The zero-order valence-electron chi connectivity index (χ0n) is 20.7. The Labute approximate surface area is 228 Å². The molecule has 0 radical (unpaired) electrons. The normalized spacial score (nSPS) is 19.0. The maximum Gasteiger partial charge on any atom is 0.289 e. The maximum absolute atomic E-state index is 13.8. The Kier molecular flexibility index (Phi) is 6.28. The molecule has 3 atom stereocenters. The van der Waals surface area contributed by atoms with Crippen molar-refractivity contribution in [2.24, 2.45) is 5.92 Å². The number of hydrogen-bond acceptors (Lipinski definition) is 5. The monoisotopic (exact) mass is 540 g/mol. The van der Waals surface area contributed by atoms with E-state index in [1.807, 2.05) is 36.4 Å². The summed E-state index contributed by atoms with van der Waals surface area (Å²) in [6.07, 6.45) is 4.68. The molecule has 5 aromatic rings. The zero-order chi connectivity index (χ0) is 27.1. The summed E-state index contributed by atoms with van der Waals surface area (Å²) in [6, 6.07) is 19.4. The topological polar surface area (TPSA) is 93.0 Å². The van der Waals surface area contributed by atoms with E-state index in [1.54, 1.807) is 47.0 Å². The van der Waals surface area contributed by atoms with Crippen LogP contribution in [0.25, 0.3) is 16.6 Å². The Morgan fingerprint density at radius 2 is 1.69 bits per heavy atom. The van der Waals surface area contributed by atoms with Gasteiger partial charge >= 0.3 is 0 Å². The molecule has 10 heteroatoms. The van der Waals surface area contributed by atoms with E-state index in [0.29, 0.717) is 22.0 Å². The molecule has 194 valence electrons. The van der Waals surface area contributed by atoms with E-state index in [9.17, 15) is 14.0 Å². The summed E-state index contributed by atoms with van der Waals surface area (Å²) in [5, 5.41) is 8.73. The van der Waals surface area contributed by atoms with Gasteiger partial charge in [-0.05, 0) is 60.2 Å². The molecule has 3 aromatic carbocycles. The van der Waals surface area contributed by atoms with Gasteiger partial charge in [-0.25, -0.2) is 19.0 Å². The van der Waals surface area contributed by atoms with Crippen LogP contribution in [0.4, 0.5) is 10.1 Å². The minimum absolute atomic E-state index is 0.0168. The lowest BCUT2D eigenvalue weighted by Crippen LogP contribution is -2.42. The second kappa shape index (κ2) is 9.92. The maximum atomic E-state index is 13.8. The van der Waals surface area contributed by atoms with Gasteiger partial charge in [0.2, 0.25) is 11.7 Å². The summed E-state index contributed by atoms with van der Waals surface area (Å²) in [7, 11) is 0. The largest absolute Gasteiger partial charge is 0.343 e. The van der Waals surface area contributed by atoms with Gasteiger partial charge in [-0.2, -0.15) is 5.10 Å². The Morgan fingerprint density at radius 1 is 0.974 bits per heavy atom. The van der Waals surface area contributed by atoms with Crippen molar-refractivity contribution in [2.75, 3.05) is 4.90 Å². The molecule has 8 nitrogen and oxygen atoms in total. The van der Waals surface area contributed by atoms with Gasteiger partial charge < -0.3 is 10.2 Å². The molecule has 0 spiro atoms. The van der Waals surface area contributed by atoms with Crippen LogP contribution in [-0.4, -0.2) is 37.6 Å². The van der Waals surface area contributed by atoms with Gasteiger partial charge in [0.25, 0.3) is 5.91 Å². The molecular formula is C29H22ClFN6O2. The minimum atomic E-state index is -0.605. The smallest absolute Gasteiger partial charge is 0.289 e. The van der Waals surface area contributed by atoms with Crippen LogP contribution in [0.1, 0.15) is 29.1 Å². The number of rotatable bonds is 5. The molecule has 0 saturated carbocycles. The molecule has 1 aliphatic heterocycles. The molecule has 0 aliphatic carbocycles. The lowest BCUT2D eigenvalue weighted by Gasteiger charge is -2.30. The summed E-state index contributed by atoms with van der Waals surface area (Å²) < 4.78 is 15.1. The highest BCUT2D eigenvalue weighted by Gasteiger charge is 2.48. The van der Waals surface area contributed by atoms with Crippen LogP contribution in [0.15, 0.2) is 91.4 Å². The van der Waals surface area contributed by atoms with Crippen molar-refractivity contribution in [1.82, 2.24) is 25.1 Å². The fraction of sp³-hybridized carbons (Fsp3) is 0.138. The average Bonchev–Trinajstić information content (AvgIpc) is 3.48. The number of benzene rings is 3. The molecule has 1 unspecified atom stereocenters. The highest BCUT2D eigenvalue weighted by atomic mass is 35.5. The van der Waals surface area contributed by atoms with Crippen molar-refractivity contribution in [1.29, 1.82) is 0 Å². The van der Waals surface area contributed by atoms with Crippen LogP contribution in [-0.2, 0) is 4.79 Å². The highest BCUT2D eigenvalue weighted by molar-refractivity contribution is 6.31. The van der Waals surface area contributed by atoms with Crippen molar-refractivity contribution in [2.45, 2.75) is 19.0 Å². The van der Waals surface area contributed by atoms with E-state index in [0.717, 1.165) is 10.9 Å². The number of carbonyl (C=O) groups is 2. The number of amides is 2. The van der Waals surface area contributed by atoms with Crippen LogP contribution >= 0.6 is 11.6 Å². The van der Waals surface area contributed by atoms with E-state index in [2.05, 4.69) is 20.4 Å². The molecule has 1 saturated heterocycles.